The molecule has 0 aliphatic carbocycles. The lowest BCUT2D eigenvalue weighted by Gasteiger charge is -2.17. The summed E-state index contributed by atoms with van der Waals surface area (Å²) >= 11 is 2.02. The maximum absolute atomic E-state index is 2.51. The van der Waals surface area contributed by atoms with Crippen molar-refractivity contribution in [3.63, 3.8) is 0 Å². The Hall–Kier alpha value is 0.310. The van der Waals surface area contributed by atoms with Gasteiger partial charge in [-0.15, -0.1) is 0 Å². The Balaban J connectivity index is 2.11. The monoisotopic (exact) mass is 159 g/mol. The molecule has 1 nitrogen and oxygen atoms in total. The molecule has 10 heavy (non-hydrogen) atoms. The summed E-state index contributed by atoms with van der Waals surface area (Å²) in [6, 6.07) is 0. The summed E-state index contributed by atoms with van der Waals surface area (Å²) < 4.78 is 2.51. The molecule has 1 atom stereocenters. The average molecular weight is 159 g/mol. The molecule has 1 aliphatic heterocycles. The van der Waals surface area contributed by atoms with Gasteiger partial charge in [-0.2, -0.15) is 0 Å². The Labute approximate surface area is 68.3 Å². The minimum atomic E-state index is 0.880. The Morgan fingerprint density at radius 2 is 2.40 bits per heavy atom. The average Bonchev–Trinajstić information content (AvgIpc) is 2.40. The van der Waals surface area contributed by atoms with Gasteiger partial charge in [0.1, 0.15) is 0 Å². The molecule has 60 valence electrons. The van der Waals surface area contributed by atoms with Gasteiger partial charge in [-0.1, -0.05) is 32.2 Å². The van der Waals surface area contributed by atoms with Crippen LogP contribution in [0.3, 0.4) is 0 Å². The zero-order valence-corrected chi connectivity index (χ0v) is 7.78. The quantitative estimate of drug-likeness (QED) is 0.582. The van der Waals surface area contributed by atoms with Gasteiger partial charge in [-0.3, -0.25) is 4.31 Å². The Bertz CT molecular complexity index is 89.3. The van der Waals surface area contributed by atoms with E-state index in [1.807, 2.05) is 11.9 Å². The highest BCUT2D eigenvalue weighted by Crippen LogP contribution is 2.21. The maximum atomic E-state index is 2.51. The molecule has 0 saturated carbocycles. The summed E-state index contributed by atoms with van der Waals surface area (Å²) in [6.07, 6.45) is 2.71. The minimum absolute atomic E-state index is 0.880. The fourth-order valence-corrected chi connectivity index (χ4v) is 2.25. The first-order valence-corrected chi connectivity index (χ1v) is 5.15. The van der Waals surface area contributed by atoms with Crippen LogP contribution < -0.4 is 0 Å². The van der Waals surface area contributed by atoms with Crippen molar-refractivity contribution in [2.45, 2.75) is 26.7 Å². The second-order valence-electron chi connectivity index (χ2n) is 3.09. The van der Waals surface area contributed by atoms with Crippen LogP contribution in [0.25, 0.3) is 0 Å². The van der Waals surface area contributed by atoms with Crippen LogP contribution in [0.15, 0.2) is 0 Å². The zero-order chi connectivity index (χ0) is 7.40. The molecule has 0 amide bonds. The molecule has 1 rings (SSSR count). The van der Waals surface area contributed by atoms with E-state index in [1.165, 1.54) is 31.7 Å². The van der Waals surface area contributed by atoms with Crippen LogP contribution in [0, 0.1) is 5.92 Å². The van der Waals surface area contributed by atoms with Crippen LogP contribution in [-0.2, 0) is 0 Å². The fraction of sp³-hybridized carbons (Fsp3) is 1.00. The molecule has 0 aromatic rings. The number of hydrogen-bond donors (Lipinski definition) is 0. The van der Waals surface area contributed by atoms with Gasteiger partial charge in [0.2, 0.25) is 0 Å². The highest BCUT2D eigenvalue weighted by Gasteiger charge is 2.13. The largest absolute Gasteiger partial charge is 0.250 e. The molecule has 0 aromatic heterocycles. The third-order valence-electron chi connectivity index (χ3n) is 2.04. The lowest BCUT2D eigenvalue weighted by Crippen LogP contribution is -2.18. The minimum Gasteiger partial charge on any atom is -0.250 e. The predicted octanol–water partition coefficient (Wildman–Crippen LogP) is 2.39. The molecule has 0 spiro atoms. The second kappa shape index (κ2) is 4.24. The van der Waals surface area contributed by atoms with Gasteiger partial charge in [-0.05, 0) is 12.3 Å². The summed E-state index contributed by atoms with van der Waals surface area (Å²) in [5, 5.41) is 0. The SMILES string of the molecule is CCC(C)CN1CCCS1. The Kier molecular flexibility index (Phi) is 3.57. The molecule has 0 aromatic carbocycles. The Morgan fingerprint density at radius 3 is 2.90 bits per heavy atom. The van der Waals surface area contributed by atoms with Crippen molar-refractivity contribution in [2.24, 2.45) is 5.92 Å². The van der Waals surface area contributed by atoms with E-state index in [2.05, 4.69) is 18.2 Å². The van der Waals surface area contributed by atoms with E-state index >= 15 is 0 Å². The third kappa shape index (κ3) is 2.51. The third-order valence-corrected chi connectivity index (χ3v) is 3.21. The normalized spacial score (nSPS) is 23.4. The molecule has 1 unspecified atom stereocenters. The topological polar surface area (TPSA) is 3.24 Å². The fourth-order valence-electron chi connectivity index (χ4n) is 1.12. The number of hydrogen-bond acceptors (Lipinski definition) is 2. The van der Waals surface area contributed by atoms with Crippen molar-refractivity contribution < 1.29 is 0 Å². The van der Waals surface area contributed by atoms with Crippen LogP contribution in [0.4, 0.5) is 0 Å². The van der Waals surface area contributed by atoms with Gasteiger partial charge in [0.25, 0.3) is 0 Å². The molecule has 1 heterocycles. The first kappa shape index (κ1) is 8.41. The van der Waals surface area contributed by atoms with Gasteiger partial charge in [-0.25, -0.2) is 0 Å². The first-order valence-electron chi connectivity index (χ1n) is 4.20. The van der Waals surface area contributed by atoms with E-state index in [1.54, 1.807) is 0 Å². The molecular formula is C8H17NS. The number of rotatable bonds is 3. The molecule has 1 saturated heterocycles. The van der Waals surface area contributed by atoms with Crippen molar-refractivity contribution in [1.82, 2.24) is 4.31 Å². The van der Waals surface area contributed by atoms with E-state index in [9.17, 15) is 0 Å². The van der Waals surface area contributed by atoms with Crippen molar-refractivity contribution >= 4 is 11.9 Å². The summed E-state index contributed by atoms with van der Waals surface area (Å²) in [6.45, 7) is 7.21. The molecule has 0 bridgehead atoms. The van der Waals surface area contributed by atoms with Crippen LogP contribution in [0.2, 0.25) is 0 Å². The lowest BCUT2D eigenvalue weighted by atomic mass is 10.1. The van der Waals surface area contributed by atoms with E-state index in [4.69, 9.17) is 0 Å². The summed E-state index contributed by atoms with van der Waals surface area (Å²) in [5.41, 5.74) is 0. The van der Waals surface area contributed by atoms with E-state index in [-0.39, 0.29) is 0 Å². The van der Waals surface area contributed by atoms with Gasteiger partial charge in [0, 0.05) is 18.8 Å². The van der Waals surface area contributed by atoms with Crippen LogP contribution in [0.5, 0.6) is 0 Å². The molecule has 0 N–H and O–H groups in total. The predicted molar refractivity (Wildman–Crippen MR) is 48.1 cm³/mol. The highest BCUT2D eigenvalue weighted by atomic mass is 32.2. The standard InChI is InChI=1S/C8H17NS/c1-3-8(2)7-9-5-4-6-10-9/h8H,3-7H2,1-2H3. The van der Waals surface area contributed by atoms with Crippen molar-refractivity contribution in [1.29, 1.82) is 0 Å². The smallest absolute Gasteiger partial charge is 0.0115 e. The van der Waals surface area contributed by atoms with Crippen molar-refractivity contribution in [3.05, 3.63) is 0 Å². The van der Waals surface area contributed by atoms with Gasteiger partial charge in [0.05, 0.1) is 0 Å². The van der Waals surface area contributed by atoms with Crippen LogP contribution in [-0.4, -0.2) is 23.1 Å². The van der Waals surface area contributed by atoms with Crippen LogP contribution >= 0.6 is 11.9 Å². The zero-order valence-electron chi connectivity index (χ0n) is 6.97. The van der Waals surface area contributed by atoms with Crippen molar-refractivity contribution in [2.75, 3.05) is 18.8 Å². The summed E-state index contributed by atoms with van der Waals surface area (Å²) in [5.74, 6) is 2.22. The number of nitrogens with zero attached hydrogens (tertiary/aromatic N) is 1. The summed E-state index contributed by atoms with van der Waals surface area (Å²) in [7, 11) is 0. The molecule has 1 aliphatic rings. The highest BCUT2D eigenvalue weighted by molar-refractivity contribution is 7.97. The van der Waals surface area contributed by atoms with E-state index in [0.717, 1.165) is 5.92 Å². The van der Waals surface area contributed by atoms with E-state index < -0.39 is 0 Å². The second-order valence-corrected chi connectivity index (χ2v) is 4.27. The van der Waals surface area contributed by atoms with Gasteiger partial charge in [0.15, 0.2) is 0 Å². The maximum Gasteiger partial charge on any atom is 0.0115 e. The molecular weight excluding hydrogens is 142 g/mol. The van der Waals surface area contributed by atoms with Gasteiger partial charge >= 0.3 is 0 Å². The summed E-state index contributed by atoms with van der Waals surface area (Å²) in [4.78, 5) is 0. The Morgan fingerprint density at radius 1 is 1.60 bits per heavy atom. The lowest BCUT2D eigenvalue weighted by molar-refractivity contribution is 0.396. The van der Waals surface area contributed by atoms with Gasteiger partial charge < -0.3 is 0 Å². The van der Waals surface area contributed by atoms with Crippen molar-refractivity contribution in [3.8, 4) is 0 Å². The molecule has 2 heteroatoms. The first-order chi connectivity index (χ1) is 4.83. The molecule has 0 radical (unpaired) electrons. The molecule has 1 fully saturated rings. The van der Waals surface area contributed by atoms with E-state index in [0.29, 0.717) is 0 Å². The van der Waals surface area contributed by atoms with Crippen LogP contribution in [0.1, 0.15) is 26.7 Å².